The van der Waals surface area contributed by atoms with Gasteiger partial charge in [0.2, 0.25) is 5.91 Å². The lowest BCUT2D eigenvalue weighted by Gasteiger charge is -2.23. The maximum absolute atomic E-state index is 12.7. The van der Waals surface area contributed by atoms with Gasteiger partial charge in [0.15, 0.2) is 0 Å². The molecule has 2 aromatic rings. The average molecular weight is 380 g/mol. The molecule has 0 aliphatic rings. The van der Waals surface area contributed by atoms with Gasteiger partial charge >= 0.3 is 5.97 Å². The Morgan fingerprint density at radius 3 is 2.18 bits per heavy atom. The molecule has 2 aromatic carbocycles. The molecule has 6 heteroatoms. The smallest absolute Gasteiger partial charge is 0.335 e. The summed E-state index contributed by atoms with van der Waals surface area (Å²) in [5.41, 5.74) is 2.47. The zero-order valence-electron chi connectivity index (χ0n) is 16.2. The largest absolute Gasteiger partial charge is 0.478 e. The minimum Gasteiger partial charge on any atom is -0.478 e. The topological polar surface area (TPSA) is 99.4 Å². The van der Waals surface area contributed by atoms with Crippen molar-refractivity contribution in [1.29, 1.82) is 5.26 Å². The Labute approximate surface area is 164 Å². The Bertz CT molecular complexity index is 852. The molecule has 146 valence electrons. The van der Waals surface area contributed by atoms with Crippen molar-refractivity contribution in [3.8, 4) is 6.07 Å². The van der Waals surface area contributed by atoms with Crippen LogP contribution in [0.5, 0.6) is 0 Å². The van der Waals surface area contributed by atoms with E-state index in [9.17, 15) is 9.59 Å². The molecule has 1 amide bonds. The Morgan fingerprint density at radius 2 is 1.68 bits per heavy atom. The molecule has 2 unspecified atom stereocenters. The number of aromatic carboxylic acids is 1. The molecular formula is C22H24N2O4. The number of amides is 1. The van der Waals surface area contributed by atoms with E-state index in [4.69, 9.17) is 15.1 Å². The number of nitriles is 1. The molecular weight excluding hydrogens is 356 g/mol. The first-order chi connectivity index (χ1) is 13.3. The maximum Gasteiger partial charge on any atom is 0.335 e. The van der Waals surface area contributed by atoms with Crippen molar-refractivity contribution >= 4 is 11.9 Å². The second kappa shape index (κ2) is 9.67. The van der Waals surface area contributed by atoms with E-state index >= 15 is 0 Å². The first-order valence-electron chi connectivity index (χ1n) is 9.06. The molecule has 0 spiro atoms. The molecule has 2 N–H and O–H groups in total. The summed E-state index contributed by atoms with van der Waals surface area (Å²) in [4.78, 5) is 23.6. The van der Waals surface area contributed by atoms with E-state index in [2.05, 4.69) is 11.4 Å². The van der Waals surface area contributed by atoms with E-state index in [1.807, 2.05) is 20.8 Å². The summed E-state index contributed by atoms with van der Waals surface area (Å²) in [6.07, 6.45) is -0.628. The van der Waals surface area contributed by atoms with E-state index in [1.54, 1.807) is 36.4 Å². The van der Waals surface area contributed by atoms with E-state index in [0.717, 1.165) is 11.1 Å². The predicted molar refractivity (Wildman–Crippen MR) is 105 cm³/mol. The second-order valence-electron chi connectivity index (χ2n) is 6.94. The van der Waals surface area contributed by atoms with Crippen LogP contribution in [0.4, 0.5) is 0 Å². The van der Waals surface area contributed by atoms with Crippen LogP contribution in [0.1, 0.15) is 53.9 Å². The molecule has 2 rings (SSSR count). The highest BCUT2D eigenvalue weighted by atomic mass is 16.5. The third-order valence-corrected chi connectivity index (χ3v) is 4.39. The van der Waals surface area contributed by atoms with Gasteiger partial charge in [0, 0.05) is 0 Å². The summed E-state index contributed by atoms with van der Waals surface area (Å²) in [7, 11) is 0. The SMILES string of the molecule is CC(NC(=O)C(OCc1ccc(C#N)cc1)C(C)C)c1ccc(C(=O)O)cc1. The number of hydrogen-bond donors (Lipinski definition) is 2. The maximum atomic E-state index is 12.7. The molecule has 0 aromatic heterocycles. The van der Waals surface area contributed by atoms with Gasteiger partial charge < -0.3 is 15.2 Å². The summed E-state index contributed by atoms with van der Waals surface area (Å²) in [5, 5.41) is 20.7. The number of nitrogens with one attached hydrogen (secondary N) is 1. The lowest BCUT2D eigenvalue weighted by molar-refractivity contribution is -0.137. The molecule has 2 atom stereocenters. The van der Waals surface area contributed by atoms with Gasteiger partial charge in [-0.05, 0) is 48.2 Å². The Balaban J connectivity index is 1.99. The minimum atomic E-state index is -0.987. The van der Waals surface area contributed by atoms with Crippen molar-refractivity contribution in [2.24, 2.45) is 5.92 Å². The average Bonchev–Trinajstić information content (AvgIpc) is 2.68. The van der Waals surface area contributed by atoms with Crippen LogP contribution in [0.15, 0.2) is 48.5 Å². The number of hydrogen-bond acceptors (Lipinski definition) is 4. The summed E-state index contributed by atoms with van der Waals surface area (Å²) < 4.78 is 5.84. The highest BCUT2D eigenvalue weighted by molar-refractivity contribution is 5.87. The van der Waals surface area contributed by atoms with Crippen molar-refractivity contribution in [3.63, 3.8) is 0 Å². The summed E-state index contributed by atoms with van der Waals surface area (Å²) in [5.74, 6) is -1.24. The first-order valence-corrected chi connectivity index (χ1v) is 9.06. The van der Waals surface area contributed by atoms with Gasteiger partial charge in [-0.1, -0.05) is 38.1 Å². The van der Waals surface area contributed by atoms with E-state index < -0.39 is 12.1 Å². The van der Waals surface area contributed by atoms with Crippen molar-refractivity contribution in [3.05, 3.63) is 70.8 Å². The number of carbonyl (C=O) groups excluding carboxylic acids is 1. The molecule has 0 saturated heterocycles. The van der Waals surface area contributed by atoms with Crippen molar-refractivity contribution in [1.82, 2.24) is 5.32 Å². The van der Waals surface area contributed by atoms with Crippen LogP contribution in [-0.4, -0.2) is 23.1 Å². The number of carboxylic acids is 1. The summed E-state index contributed by atoms with van der Waals surface area (Å²) in [6, 6.07) is 15.2. The number of ether oxygens (including phenoxy) is 1. The summed E-state index contributed by atoms with van der Waals surface area (Å²) >= 11 is 0. The molecule has 0 fully saturated rings. The van der Waals surface area contributed by atoms with Crippen molar-refractivity contribution < 1.29 is 19.4 Å². The molecule has 28 heavy (non-hydrogen) atoms. The van der Waals surface area contributed by atoms with Gasteiger partial charge in [-0.2, -0.15) is 5.26 Å². The monoisotopic (exact) mass is 380 g/mol. The van der Waals surface area contributed by atoms with Crippen LogP contribution in [-0.2, 0) is 16.1 Å². The zero-order chi connectivity index (χ0) is 20.7. The molecule has 0 aliphatic heterocycles. The number of benzene rings is 2. The van der Waals surface area contributed by atoms with E-state index in [0.29, 0.717) is 5.56 Å². The number of carbonyl (C=O) groups is 2. The predicted octanol–water partition coefficient (Wildman–Crippen LogP) is 3.68. The van der Waals surface area contributed by atoms with Gasteiger partial charge in [-0.25, -0.2) is 4.79 Å². The molecule has 0 aliphatic carbocycles. The van der Waals surface area contributed by atoms with Crippen LogP contribution < -0.4 is 5.32 Å². The molecule has 0 heterocycles. The minimum absolute atomic E-state index is 0.0278. The fraction of sp³-hybridized carbons (Fsp3) is 0.318. The highest BCUT2D eigenvalue weighted by Gasteiger charge is 2.24. The Kier molecular flexibility index (Phi) is 7.30. The molecule has 0 bridgehead atoms. The first kappa shape index (κ1) is 21.1. The number of nitrogens with zero attached hydrogens (tertiary/aromatic N) is 1. The normalized spacial score (nSPS) is 12.8. The van der Waals surface area contributed by atoms with Gasteiger partial charge in [0.05, 0.1) is 29.8 Å². The highest BCUT2D eigenvalue weighted by Crippen LogP contribution is 2.17. The second-order valence-corrected chi connectivity index (χ2v) is 6.94. The van der Waals surface area contributed by atoms with Gasteiger partial charge in [0.25, 0.3) is 0 Å². The van der Waals surface area contributed by atoms with Crippen LogP contribution in [0.25, 0.3) is 0 Å². The fourth-order valence-corrected chi connectivity index (χ4v) is 2.73. The van der Waals surface area contributed by atoms with Crippen LogP contribution >= 0.6 is 0 Å². The zero-order valence-corrected chi connectivity index (χ0v) is 16.2. The number of carboxylic acid groups (broad SMARTS) is 1. The third-order valence-electron chi connectivity index (χ3n) is 4.39. The van der Waals surface area contributed by atoms with Gasteiger partial charge in [-0.15, -0.1) is 0 Å². The van der Waals surface area contributed by atoms with Crippen molar-refractivity contribution in [2.45, 2.75) is 39.5 Å². The quantitative estimate of drug-likeness (QED) is 0.728. The Morgan fingerprint density at radius 1 is 1.07 bits per heavy atom. The fourth-order valence-electron chi connectivity index (χ4n) is 2.73. The molecule has 0 radical (unpaired) electrons. The van der Waals surface area contributed by atoms with Gasteiger partial charge in [-0.3, -0.25) is 4.79 Å². The van der Waals surface area contributed by atoms with E-state index in [-0.39, 0.29) is 30.0 Å². The van der Waals surface area contributed by atoms with E-state index in [1.165, 1.54) is 12.1 Å². The number of rotatable bonds is 8. The third kappa shape index (κ3) is 5.66. The van der Waals surface area contributed by atoms with Gasteiger partial charge in [0.1, 0.15) is 6.10 Å². The standard InChI is InChI=1S/C22H24N2O4/c1-14(2)20(28-13-17-6-4-16(12-23)5-7-17)21(25)24-15(3)18-8-10-19(11-9-18)22(26)27/h4-11,14-15,20H,13H2,1-3H3,(H,24,25)(H,26,27). The van der Waals surface area contributed by atoms with Crippen LogP contribution in [0, 0.1) is 17.2 Å². The lowest BCUT2D eigenvalue weighted by Crippen LogP contribution is -2.40. The Hall–Kier alpha value is -3.17. The van der Waals surface area contributed by atoms with Crippen LogP contribution in [0.3, 0.4) is 0 Å². The van der Waals surface area contributed by atoms with Crippen molar-refractivity contribution in [2.75, 3.05) is 0 Å². The summed E-state index contributed by atoms with van der Waals surface area (Å²) in [6.45, 7) is 5.93. The molecule has 6 nitrogen and oxygen atoms in total. The van der Waals surface area contributed by atoms with Crippen LogP contribution in [0.2, 0.25) is 0 Å². The lowest BCUT2D eigenvalue weighted by atomic mass is 10.0. The molecule has 0 saturated carbocycles.